The van der Waals surface area contributed by atoms with Crippen molar-refractivity contribution in [1.82, 2.24) is 14.8 Å². The molecule has 0 radical (unpaired) electrons. The van der Waals surface area contributed by atoms with E-state index < -0.39 is 5.97 Å². The Morgan fingerprint density at radius 2 is 1.95 bits per heavy atom. The van der Waals surface area contributed by atoms with Gasteiger partial charge in [0.15, 0.2) is 17.3 Å². The molecule has 0 saturated carbocycles. The second-order valence-electron chi connectivity index (χ2n) is 8.52. The molecule has 1 amide bonds. The van der Waals surface area contributed by atoms with Crippen LogP contribution in [0, 0.1) is 6.92 Å². The van der Waals surface area contributed by atoms with Gasteiger partial charge in [-0.2, -0.15) is 5.10 Å². The SMILES string of the molecule is CCOC(=O)c1cc(-c2cccc(C)c2)nn1-c1cc(N2CCOCC2)c(N)c(N(CC)C(=O)CCl)n1. The summed E-state index contributed by atoms with van der Waals surface area (Å²) in [5, 5.41) is 4.74. The number of nitrogens with two attached hydrogens (primary N) is 1. The minimum absolute atomic E-state index is 0.205. The summed E-state index contributed by atoms with van der Waals surface area (Å²) in [6.07, 6.45) is 0. The standard InChI is InChI=1S/C26H31ClN6O4/c1-4-32(23(34)16-27)25-24(28)20(31-9-11-36-12-10-31)15-22(29-25)33-21(26(35)37-5-2)14-19(30-33)18-8-6-7-17(3)13-18/h6-8,13-15H,4-5,9-12,16,28H2,1-3H3. The van der Waals surface area contributed by atoms with E-state index >= 15 is 0 Å². The molecule has 1 saturated heterocycles. The summed E-state index contributed by atoms with van der Waals surface area (Å²) in [6, 6.07) is 11.3. The number of amides is 1. The van der Waals surface area contributed by atoms with E-state index in [0.29, 0.717) is 55.7 Å². The highest BCUT2D eigenvalue weighted by Gasteiger charge is 2.27. The molecule has 1 fully saturated rings. The van der Waals surface area contributed by atoms with Gasteiger partial charge in [0.2, 0.25) is 5.91 Å². The van der Waals surface area contributed by atoms with Crippen molar-refractivity contribution in [1.29, 1.82) is 0 Å². The Balaban J connectivity index is 1.94. The number of ether oxygens (including phenoxy) is 2. The van der Waals surface area contributed by atoms with E-state index in [0.717, 1.165) is 11.1 Å². The lowest BCUT2D eigenvalue weighted by atomic mass is 10.1. The molecule has 0 spiro atoms. The molecule has 2 N–H and O–H groups in total. The first-order valence-electron chi connectivity index (χ1n) is 12.2. The number of esters is 1. The molecular weight excluding hydrogens is 496 g/mol. The van der Waals surface area contributed by atoms with Crippen LogP contribution in [0.3, 0.4) is 0 Å². The quantitative estimate of drug-likeness (QED) is 0.350. The summed E-state index contributed by atoms with van der Waals surface area (Å²) >= 11 is 5.89. The number of anilines is 3. The predicted molar refractivity (Wildman–Crippen MR) is 144 cm³/mol. The molecule has 1 aliphatic rings. The molecule has 0 atom stereocenters. The Hall–Kier alpha value is -3.63. The molecule has 4 rings (SSSR count). The first-order valence-corrected chi connectivity index (χ1v) is 12.8. The molecule has 37 heavy (non-hydrogen) atoms. The fraction of sp³-hybridized carbons (Fsp3) is 0.385. The molecule has 1 aromatic carbocycles. The first kappa shape index (κ1) is 26.4. The maximum absolute atomic E-state index is 13.0. The number of benzene rings is 1. The third-order valence-electron chi connectivity index (χ3n) is 6.07. The van der Waals surface area contributed by atoms with Crippen LogP contribution in [0.5, 0.6) is 0 Å². The van der Waals surface area contributed by atoms with Crippen molar-refractivity contribution in [2.45, 2.75) is 20.8 Å². The first-order chi connectivity index (χ1) is 17.9. The van der Waals surface area contributed by atoms with Gasteiger partial charge < -0.3 is 20.1 Å². The molecule has 0 unspecified atom stereocenters. The van der Waals surface area contributed by atoms with E-state index in [4.69, 9.17) is 36.9 Å². The minimum Gasteiger partial charge on any atom is -0.461 e. The van der Waals surface area contributed by atoms with E-state index in [9.17, 15) is 9.59 Å². The van der Waals surface area contributed by atoms with Crippen molar-refractivity contribution in [3.8, 4) is 17.1 Å². The van der Waals surface area contributed by atoms with Crippen molar-refractivity contribution in [3.63, 3.8) is 0 Å². The van der Waals surface area contributed by atoms with Gasteiger partial charge in [0.25, 0.3) is 0 Å². The molecule has 3 aromatic rings. The van der Waals surface area contributed by atoms with Crippen molar-refractivity contribution >= 4 is 40.7 Å². The number of rotatable bonds is 8. The summed E-state index contributed by atoms with van der Waals surface area (Å²) in [5.74, 6) is -0.506. The third-order valence-corrected chi connectivity index (χ3v) is 6.30. The highest BCUT2D eigenvalue weighted by molar-refractivity contribution is 6.29. The normalized spacial score (nSPS) is 13.5. The number of hydrogen-bond donors (Lipinski definition) is 1. The maximum atomic E-state index is 13.0. The molecule has 11 heteroatoms. The number of nitrogens with zero attached hydrogens (tertiary/aromatic N) is 5. The van der Waals surface area contributed by atoms with Crippen molar-refractivity contribution in [3.05, 3.63) is 47.7 Å². The van der Waals surface area contributed by atoms with Crippen molar-refractivity contribution < 1.29 is 19.1 Å². The Kier molecular flexibility index (Phi) is 8.30. The second kappa shape index (κ2) is 11.6. The Morgan fingerprint density at radius 3 is 2.59 bits per heavy atom. The number of carbonyl (C=O) groups excluding carboxylic acids is 2. The van der Waals surface area contributed by atoms with Crippen LogP contribution in [0.25, 0.3) is 17.1 Å². The zero-order chi connectivity index (χ0) is 26.5. The van der Waals surface area contributed by atoms with E-state index in [1.54, 1.807) is 19.1 Å². The number of aryl methyl sites for hydroxylation is 1. The van der Waals surface area contributed by atoms with E-state index in [-0.39, 0.29) is 29.9 Å². The Bertz CT molecular complexity index is 1290. The third kappa shape index (κ3) is 5.55. The van der Waals surface area contributed by atoms with Gasteiger partial charge in [-0.15, -0.1) is 11.6 Å². The highest BCUT2D eigenvalue weighted by atomic mass is 35.5. The summed E-state index contributed by atoms with van der Waals surface area (Å²) in [7, 11) is 0. The minimum atomic E-state index is -0.536. The zero-order valence-electron chi connectivity index (χ0n) is 21.2. The molecule has 0 aliphatic carbocycles. The molecule has 10 nitrogen and oxygen atoms in total. The summed E-state index contributed by atoms with van der Waals surface area (Å²) < 4.78 is 12.3. The van der Waals surface area contributed by atoms with Crippen LogP contribution in [0.4, 0.5) is 17.2 Å². The van der Waals surface area contributed by atoms with Gasteiger partial charge in [-0.1, -0.05) is 23.8 Å². The lowest BCUT2D eigenvalue weighted by Gasteiger charge is -2.32. The van der Waals surface area contributed by atoms with Crippen LogP contribution in [0.15, 0.2) is 36.4 Å². The van der Waals surface area contributed by atoms with Gasteiger partial charge in [-0.25, -0.2) is 14.5 Å². The average molecular weight is 527 g/mol. The number of morpholine rings is 1. The summed E-state index contributed by atoms with van der Waals surface area (Å²) in [4.78, 5) is 33.9. The highest BCUT2D eigenvalue weighted by Crippen LogP contribution is 2.35. The number of halogens is 1. The number of pyridine rings is 1. The van der Waals surface area contributed by atoms with Crippen LogP contribution in [0.2, 0.25) is 0 Å². The van der Waals surface area contributed by atoms with Gasteiger partial charge in [-0.05, 0) is 32.9 Å². The molecule has 196 valence electrons. The van der Waals surface area contributed by atoms with Crippen LogP contribution >= 0.6 is 11.6 Å². The van der Waals surface area contributed by atoms with Crippen LogP contribution in [0.1, 0.15) is 29.9 Å². The molecule has 1 aliphatic heterocycles. The van der Waals surface area contributed by atoms with E-state index in [2.05, 4.69) is 4.90 Å². The Labute approximate surface area is 220 Å². The monoisotopic (exact) mass is 526 g/mol. The number of hydrogen-bond acceptors (Lipinski definition) is 8. The number of nitrogen functional groups attached to an aromatic ring is 1. The van der Waals surface area contributed by atoms with Gasteiger partial charge in [-0.3, -0.25) is 9.69 Å². The molecular formula is C26H31ClN6O4. The zero-order valence-corrected chi connectivity index (χ0v) is 22.0. The topological polar surface area (TPSA) is 116 Å². The summed E-state index contributed by atoms with van der Waals surface area (Å²) in [6.45, 7) is 8.37. The molecule has 2 aromatic heterocycles. The van der Waals surface area contributed by atoms with Gasteiger partial charge in [0.1, 0.15) is 5.88 Å². The molecule has 0 bridgehead atoms. The van der Waals surface area contributed by atoms with E-state index in [1.807, 2.05) is 38.1 Å². The van der Waals surface area contributed by atoms with Crippen molar-refractivity contribution in [2.75, 3.05) is 60.9 Å². The lowest BCUT2D eigenvalue weighted by molar-refractivity contribution is -0.116. The van der Waals surface area contributed by atoms with Crippen LogP contribution in [-0.4, -0.2) is 72.0 Å². The number of carbonyl (C=O) groups is 2. The fourth-order valence-corrected chi connectivity index (χ4v) is 4.41. The van der Waals surface area contributed by atoms with E-state index in [1.165, 1.54) is 9.58 Å². The fourth-order valence-electron chi connectivity index (χ4n) is 4.26. The smallest absolute Gasteiger partial charge is 0.357 e. The summed E-state index contributed by atoms with van der Waals surface area (Å²) in [5.41, 5.74) is 10.3. The van der Waals surface area contributed by atoms with Gasteiger partial charge >= 0.3 is 5.97 Å². The second-order valence-corrected chi connectivity index (χ2v) is 8.79. The van der Waals surface area contributed by atoms with Gasteiger partial charge in [0.05, 0.1) is 36.9 Å². The molecule has 3 heterocycles. The number of alkyl halides is 1. The lowest BCUT2D eigenvalue weighted by Crippen LogP contribution is -2.38. The Morgan fingerprint density at radius 1 is 1.19 bits per heavy atom. The largest absolute Gasteiger partial charge is 0.461 e. The van der Waals surface area contributed by atoms with Gasteiger partial charge in [0, 0.05) is 31.3 Å². The average Bonchev–Trinajstić information content (AvgIpc) is 3.36. The predicted octanol–water partition coefficient (Wildman–Crippen LogP) is 3.43. The maximum Gasteiger partial charge on any atom is 0.357 e. The number of aromatic nitrogens is 3. The van der Waals surface area contributed by atoms with Crippen LogP contribution < -0.4 is 15.5 Å². The van der Waals surface area contributed by atoms with Crippen molar-refractivity contribution in [2.24, 2.45) is 0 Å². The van der Waals surface area contributed by atoms with Crippen LogP contribution in [-0.2, 0) is 14.3 Å².